The smallest absolute Gasteiger partial charge is 0.113 e. The van der Waals surface area contributed by atoms with Crippen molar-refractivity contribution >= 4 is 11.6 Å². The molecule has 0 bridgehead atoms. The van der Waals surface area contributed by atoms with Crippen LogP contribution < -0.4 is 0 Å². The van der Waals surface area contributed by atoms with E-state index in [1.807, 2.05) is 31.2 Å². The van der Waals surface area contributed by atoms with E-state index < -0.39 is 0 Å². The minimum absolute atomic E-state index is 0.718. The third kappa shape index (κ3) is 4.11. The number of halogens is 1. The van der Waals surface area contributed by atoms with E-state index in [-0.39, 0.29) is 0 Å². The largest absolute Gasteiger partial charge is 0.245 e. The van der Waals surface area contributed by atoms with E-state index in [1.54, 1.807) is 6.07 Å². The molecule has 0 fully saturated rings. The summed E-state index contributed by atoms with van der Waals surface area (Å²) in [4.78, 5) is 4.38. The molecular formula is C18H17ClN. The topological polar surface area (TPSA) is 12.9 Å². The van der Waals surface area contributed by atoms with Crippen molar-refractivity contribution in [2.45, 2.75) is 33.1 Å². The Hall–Kier alpha value is -1.78. The van der Waals surface area contributed by atoms with Crippen LogP contribution in [-0.2, 0) is 6.42 Å². The molecule has 1 aromatic carbocycles. The van der Waals surface area contributed by atoms with Crippen molar-refractivity contribution in [2.75, 3.05) is 0 Å². The predicted molar refractivity (Wildman–Crippen MR) is 83.9 cm³/mol. The Kier molecular flexibility index (Phi) is 5.21. The Morgan fingerprint density at radius 2 is 2.15 bits per heavy atom. The van der Waals surface area contributed by atoms with Gasteiger partial charge in [0.15, 0.2) is 0 Å². The normalized spacial score (nSPS) is 9.95. The molecule has 0 aliphatic heterocycles. The zero-order valence-corrected chi connectivity index (χ0v) is 12.6. The van der Waals surface area contributed by atoms with Gasteiger partial charge in [-0.15, -0.1) is 0 Å². The first-order chi connectivity index (χ1) is 9.69. The van der Waals surface area contributed by atoms with Crippen molar-refractivity contribution in [2.24, 2.45) is 0 Å². The Bertz CT molecular complexity index is 650. The molecule has 0 N–H and O–H groups in total. The molecule has 0 aliphatic carbocycles. The first kappa shape index (κ1) is 14.6. The fraction of sp³-hybridized carbons (Fsp3) is 0.278. The van der Waals surface area contributed by atoms with E-state index in [4.69, 9.17) is 11.6 Å². The molecule has 1 radical (unpaired) electrons. The molecule has 0 amide bonds. The minimum Gasteiger partial charge on any atom is -0.245 e. The zero-order chi connectivity index (χ0) is 14.4. The number of pyridine rings is 1. The van der Waals surface area contributed by atoms with Gasteiger partial charge in [0.1, 0.15) is 5.69 Å². The lowest BCUT2D eigenvalue weighted by molar-refractivity contribution is 0.794. The highest BCUT2D eigenvalue weighted by molar-refractivity contribution is 6.30. The second kappa shape index (κ2) is 7.12. The molecular weight excluding hydrogens is 266 g/mol. The monoisotopic (exact) mass is 282 g/mol. The molecule has 1 heterocycles. The van der Waals surface area contributed by atoms with Crippen LogP contribution in [0.1, 0.15) is 42.3 Å². The highest BCUT2D eigenvalue weighted by atomic mass is 35.5. The molecule has 0 saturated heterocycles. The molecule has 0 unspecified atom stereocenters. The molecule has 1 nitrogen and oxygen atoms in total. The SMILES string of the molecule is CCCCc1cc(Cl)c[c]c1C#Cc1cccc(C)n1. The average Bonchev–Trinajstić information content (AvgIpc) is 2.44. The summed E-state index contributed by atoms with van der Waals surface area (Å²) < 4.78 is 0. The number of aromatic nitrogens is 1. The summed E-state index contributed by atoms with van der Waals surface area (Å²) in [6.45, 7) is 4.14. The van der Waals surface area contributed by atoms with Crippen LogP contribution in [0.25, 0.3) is 0 Å². The van der Waals surface area contributed by atoms with Crippen molar-refractivity contribution in [1.82, 2.24) is 4.98 Å². The number of benzene rings is 1. The van der Waals surface area contributed by atoms with Crippen LogP contribution in [-0.4, -0.2) is 4.98 Å². The van der Waals surface area contributed by atoms with Crippen molar-refractivity contribution in [3.63, 3.8) is 0 Å². The standard InChI is InChI=1S/C18H17ClN/c1-3-4-7-16-13-17(19)11-9-15(16)10-12-18-8-5-6-14(2)20-18/h5-6,8,11,13H,3-4,7H2,1-2H3. The highest BCUT2D eigenvalue weighted by Gasteiger charge is 2.01. The first-order valence-corrected chi connectivity index (χ1v) is 7.22. The van der Waals surface area contributed by atoms with Gasteiger partial charge in [-0.1, -0.05) is 36.9 Å². The Morgan fingerprint density at radius 1 is 1.30 bits per heavy atom. The molecule has 2 rings (SSSR count). The second-order valence-electron chi connectivity index (χ2n) is 4.74. The van der Waals surface area contributed by atoms with Gasteiger partial charge in [-0.25, -0.2) is 4.98 Å². The minimum atomic E-state index is 0.718. The van der Waals surface area contributed by atoms with E-state index in [2.05, 4.69) is 29.8 Å². The molecule has 20 heavy (non-hydrogen) atoms. The molecule has 2 aromatic rings. The van der Waals surface area contributed by atoms with Gasteiger partial charge >= 0.3 is 0 Å². The van der Waals surface area contributed by atoms with Crippen molar-refractivity contribution in [3.05, 3.63) is 63.9 Å². The van der Waals surface area contributed by atoms with Gasteiger partial charge in [-0.05, 0) is 55.5 Å². The van der Waals surface area contributed by atoms with Crippen LogP contribution in [0, 0.1) is 24.8 Å². The maximum absolute atomic E-state index is 6.04. The summed E-state index contributed by atoms with van der Waals surface area (Å²) >= 11 is 6.04. The molecule has 0 atom stereocenters. The van der Waals surface area contributed by atoms with Crippen LogP contribution in [0.15, 0.2) is 30.3 Å². The van der Waals surface area contributed by atoms with E-state index >= 15 is 0 Å². The molecule has 2 heteroatoms. The summed E-state index contributed by atoms with van der Waals surface area (Å²) in [7, 11) is 0. The quantitative estimate of drug-likeness (QED) is 0.751. The number of unbranched alkanes of at least 4 members (excludes halogenated alkanes) is 1. The van der Waals surface area contributed by atoms with E-state index in [1.165, 1.54) is 5.56 Å². The maximum atomic E-state index is 6.04. The summed E-state index contributed by atoms with van der Waals surface area (Å²) in [5.74, 6) is 6.27. The highest BCUT2D eigenvalue weighted by Crippen LogP contribution is 2.17. The van der Waals surface area contributed by atoms with Gasteiger partial charge in [0.05, 0.1) is 0 Å². The third-order valence-corrected chi connectivity index (χ3v) is 3.21. The predicted octanol–water partition coefficient (Wildman–Crippen LogP) is 4.59. The van der Waals surface area contributed by atoms with Gasteiger partial charge in [0.2, 0.25) is 0 Å². The molecule has 1 aromatic heterocycles. The molecule has 0 spiro atoms. The lowest BCUT2D eigenvalue weighted by atomic mass is 10.0. The van der Waals surface area contributed by atoms with E-state index in [0.29, 0.717) is 0 Å². The summed E-state index contributed by atoms with van der Waals surface area (Å²) in [6, 6.07) is 12.8. The number of nitrogens with zero attached hydrogens (tertiary/aromatic N) is 1. The summed E-state index contributed by atoms with van der Waals surface area (Å²) in [6.07, 6.45) is 3.27. The number of rotatable bonds is 3. The van der Waals surface area contributed by atoms with E-state index in [0.717, 1.165) is 41.2 Å². The molecule has 101 valence electrons. The molecule has 0 saturated carbocycles. The average molecular weight is 283 g/mol. The Morgan fingerprint density at radius 3 is 2.90 bits per heavy atom. The summed E-state index contributed by atoms with van der Waals surface area (Å²) in [5, 5.41) is 0.718. The maximum Gasteiger partial charge on any atom is 0.113 e. The number of hydrogen-bond donors (Lipinski definition) is 0. The van der Waals surface area contributed by atoms with Gasteiger partial charge in [0.25, 0.3) is 0 Å². The van der Waals surface area contributed by atoms with Crippen molar-refractivity contribution in [1.29, 1.82) is 0 Å². The number of hydrogen-bond acceptors (Lipinski definition) is 1. The van der Waals surface area contributed by atoms with Gasteiger partial charge in [-0.3, -0.25) is 0 Å². The lowest BCUT2D eigenvalue weighted by Crippen LogP contribution is -1.91. The first-order valence-electron chi connectivity index (χ1n) is 6.85. The van der Waals surface area contributed by atoms with Crippen LogP contribution in [0.3, 0.4) is 0 Å². The van der Waals surface area contributed by atoms with Crippen LogP contribution in [0.5, 0.6) is 0 Å². The van der Waals surface area contributed by atoms with Gasteiger partial charge < -0.3 is 0 Å². The zero-order valence-electron chi connectivity index (χ0n) is 11.8. The van der Waals surface area contributed by atoms with Crippen LogP contribution >= 0.6 is 11.6 Å². The van der Waals surface area contributed by atoms with Crippen LogP contribution in [0.2, 0.25) is 5.02 Å². The van der Waals surface area contributed by atoms with Crippen LogP contribution in [0.4, 0.5) is 0 Å². The fourth-order valence-corrected chi connectivity index (χ4v) is 2.12. The van der Waals surface area contributed by atoms with Gasteiger partial charge in [-0.2, -0.15) is 0 Å². The van der Waals surface area contributed by atoms with E-state index in [9.17, 15) is 0 Å². The Labute approximate surface area is 126 Å². The third-order valence-electron chi connectivity index (χ3n) is 2.99. The fourth-order valence-electron chi connectivity index (χ4n) is 1.93. The number of aryl methyl sites for hydroxylation is 2. The molecule has 0 aliphatic rings. The Balaban J connectivity index is 2.29. The lowest BCUT2D eigenvalue weighted by Gasteiger charge is -2.04. The summed E-state index contributed by atoms with van der Waals surface area (Å²) in [5.41, 5.74) is 3.85. The van der Waals surface area contributed by atoms with Gasteiger partial charge in [0, 0.05) is 22.3 Å². The van der Waals surface area contributed by atoms with Crippen molar-refractivity contribution in [3.8, 4) is 11.8 Å². The second-order valence-corrected chi connectivity index (χ2v) is 5.17. The van der Waals surface area contributed by atoms with Crippen molar-refractivity contribution < 1.29 is 0 Å².